The molecule has 0 aliphatic rings. The highest BCUT2D eigenvalue weighted by atomic mass is 32.2. The van der Waals surface area contributed by atoms with Gasteiger partial charge in [-0.15, -0.1) is 10.2 Å². The fraction of sp³-hybridized carbons (Fsp3) is 0.125. The van der Waals surface area contributed by atoms with Crippen molar-refractivity contribution in [3.05, 3.63) is 23.1 Å². The lowest BCUT2D eigenvalue weighted by Gasteiger charge is -1.98. The van der Waals surface area contributed by atoms with E-state index in [9.17, 15) is 0 Å². The van der Waals surface area contributed by atoms with Crippen LogP contribution in [0.25, 0.3) is 0 Å². The molecule has 0 unspecified atom stereocenters. The second kappa shape index (κ2) is 4.54. The summed E-state index contributed by atoms with van der Waals surface area (Å²) >= 11 is 2.89. The third-order valence-corrected chi connectivity index (χ3v) is 3.41. The predicted octanol–water partition coefficient (Wildman–Crippen LogP) is 1.07. The maximum absolute atomic E-state index is 7.18. The molecule has 2 heterocycles. The second-order valence-corrected chi connectivity index (χ2v) is 5.29. The highest BCUT2D eigenvalue weighted by Crippen LogP contribution is 2.27. The molecule has 0 aromatic carbocycles. The van der Waals surface area contributed by atoms with Crippen LogP contribution in [-0.2, 0) is 0 Å². The molecular formula is C8H8N6S2. The first-order valence-electron chi connectivity index (χ1n) is 4.29. The Morgan fingerprint density at radius 1 is 1.38 bits per heavy atom. The Labute approximate surface area is 99.9 Å². The van der Waals surface area contributed by atoms with Gasteiger partial charge in [0.25, 0.3) is 0 Å². The van der Waals surface area contributed by atoms with Crippen molar-refractivity contribution in [3.63, 3.8) is 0 Å². The number of amidine groups is 1. The summed E-state index contributed by atoms with van der Waals surface area (Å²) in [6, 6.07) is 0. The van der Waals surface area contributed by atoms with Crippen molar-refractivity contribution in [2.45, 2.75) is 16.3 Å². The number of nitrogens with two attached hydrogens (primary N) is 1. The molecule has 0 bridgehead atoms. The largest absolute Gasteiger partial charge is 0.382 e. The van der Waals surface area contributed by atoms with E-state index in [1.807, 2.05) is 6.92 Å². The average Bonchev–Trinajstić information content (AvgIpc) is 2.65. The van der Waals surface area contributed by atoms with Crippen LogP contribution in [-0.4, -0.2) is 26.0 Å². The molecule has 0 atom stereocenters. The summed E-state index contributed by atoms with van der Waals surface area (Å²) in [4.78, 5) is 8.13. The van der Waals surface area contributed by atoms with Crippen LogP contribution in [0, 0.1) is 12.3 Å². The van der Waals surface area contributed by atoms with Crippen LogP contribution >= 0.6 is 23.1 Å². The fourth-order valence-corrected chi connectivity index (χ4v) is 2.59. The van der Waals surface area contributed by atoms with E-state index in [0.717, 1.165) is 9.35 Å². The number of aromatic nitrogens is 4. The van der Waals surface area contributed by atoms with Crippen molar-refractivity contribution in [3.8, 4) is 0 Å². The van der Waals surface area contributed by atoms with Gasteiger partial charge < -0.3 is 5.73 Å². The van der Waals surface area contributed by atoms with E-state index in [1.54, 1.807) is 6.20 Å². The topological polar surface area (TPSA) is 101 Å². The van der Waals surface area contributed by atoms with Gasteiger partial charge in [0.15, 0.2) is 4.34 Å². The summed E-state index contributed by atoms with van der Waals surface area (Å²) in [6.07, 6.45) is 3.04. The van der Waals surface area contributed by atoms with E-state index >= 15 is 0 Å². The predicted molar refractivity (Wildman–Crippen MR) is 61.8 cm³/mol. The smallest absolute Gasteiger partial charge is 0.180 e. The molecule has 3 N–H and O–H groups in total. The van der Waals surface area contributed by atoms with Gasteiger partial charge in [-0.05, 0) is 18.7 Å². The molecule has 0 fully saturated rings. The van der Waals surface area contributed by atoms with E-state index in [-0.39, 0.29) is 5.84 Å². The van der Waals surface area contributed by atoms with Crippen molar-refractivity contribution >= 4 is 28.9 Å². The normalized spacial score (nSPS) is 10.3. The van der Waals surface area contributed by atoms with Crippen molar-refractivity contribution in [1.82, 2.24) is 20.2 Å². The number of hydrogen-bond donors (Lipinski definition) is 2. The molecule has 8 heteroatoms. The molecule has 6 nitrogen and oxygen atoms in total. The molecule has 2 aromatic heterocycles. The Hall–Kier alpha value is -1.54. The van der Waals surface area contributed by atoms with Crippen LogP contribution in [0.3, 0.4) is 0 Å². The quantitative estimate of drug-likeness (QED) is 0.626. The summed E-state index contributed by atoms with van der Waals surface area (Å²) in [6.45, 7) is 1.90. The van der Waals surface area contributed by atoms with E-state index < -0.39 is 0 Å². The van der Waals surface area contributed by atoms with Crippen LogP contribution < -0.4 is 5.73 Å². The SMILES string of the molecule is Cc1nnc(Sc2cnc(C(=N)N)cn2)s1. The van der Waals surface area contributed by atoms with Gasteiger partial charge in [-0.1, -0.05) is 11.3 Å². The monoisotopic (exact) mass is 252 g/mol. The van der Waals surface area contributed by atoms with Gasteiger partial charge in [0.05, 0.1) is 12.4 Å². The van der Waals surface area contributed by atoms with Crippen LogP contribution in [0.15, 0.2) is 21.8 Å². The molecule has 0 aliphatic heterocycles. The number of nitrogens with one attached hydrogen (secondary N) is 1. The molecule has 0 amide bonds. The molecular weight excluding hydrogens is 244 g/mol. The maximum Gasteiger partial charge on any atom is 0.180 e. The van der Waals surface area contributed by atoms with Gasteiger partial charge in [0.2, 0.25) is 0 Å². The summed E-state index contributed by atoms with van der Waals surface area (Å²) in [7, 11) is 0. The zero-order chi connectivity index (χ0) is 11.5. The van der Waals surface area contributed by atoms with Crippen LogP contribution in [0.2, 0.25) is 0 Å². The highest BCUT2D eigenvalue weighted by molar-refractivity contribution is 8.01. The molecule has 16 heavy (non-hydrogen) atoms. The number of nitrogen functional groups attached to an aromatic ring is 1. The molecule has 0 aliphatic carbocycles. The number of aryl methyl sites for hydroxylation is 1. The van der Waals surface area contributed by atoms with Crippen molar-refractivity contribution < 1.29 is 0 Å². The Morgan fingerprint density at radius 2 is 2.19 bits per heavy atom. The molecule has 2 aromatic rings. The van der Waals surface area contributed by atoms with Gasteiger partial charge in [0, 0.05) is 0 Å². The molecule has 0 spiro atoms. The van der Waals surface area contributed by atoms with E-state index in [2.05, 4.69) is 20.2 Å². The molecule has 82 valence electrons. The molecule has 2 rings (SSSR count). The third-order valence-electron chi connectivity index (χ3n) is 1.60. The highest BCUT2D eigenvalue weighted by Gasteiger charge is 2.05. The van der Waals surface area contributed by atoms with Crippen molar-refractivity contribution in [2.24, 2.45) is 5.73 Å². The lowest BCUT2D eigenvalue weighted by Crippen LogP contribution is -2.13. The first-order valence-corrected chi connectivity index (χ1v) is 5.93. The van der Waals surface area contributed by atoms with E-state index in [0.29, 0.717) is 10.7 Å². The van der Waals surface area contributed by atoms with Gasteiger partial charge in [0.1, 0.15) is 21.6 Å². The number of hydrogen-bond acceptors (Lipinski definition) is 7. The first kappa shape index (κ1) is 11.0. The molecule has 0 saturated heterocycles. The lowest BCUT2D eigenvalue weighted by atomic mass is 10.4. The number of nitrogens with zero attached hydrogens (tertiary/aromatic N) is 4. The Balaban J connectivity index is 2.14. The minimum Gasteiger partial charge on any atom is -0.382 e. The van der Waals surface area contributed by atoms with Crippen molar-refractivity contribution in [2.75, 3.05) is 0 Å². The first-order chi connectivity index (χ1) is 7.65. The minimum absolute atomic E-state index is 0.0872. The van der Waals surface area contributed by atoms with E-state index in [4.69, 9.17) is 11.1 Å². The third kappa shape index (κ3) is 2.52. The zero-order valence-electron chi connectivity index (χ0n) is 8.34. The van der Waals surface area contributed by atoms with Gasteiger partial charge >= 0.3 is 0 Å². The summed E-state index contributed by atoms with van der Waals surface area (Å²) in [5.41, 5.74) is 5.65. The average molecular weight is 252 g/mol. The lowest BCUT2D eigenvalue weighted by molar-refractivity contribution is 0.976. The van der Waals surface area contributed by atoms with Gasteiger partial charge in [-0.2, -0.15) is 0 Å². The van der Waals surface area contributed by atoms with Gasteiger partial charge in [-0.25, -0.2) is 9.97 Å². The number of rotatable bonds is 3. The van der Waals surface area contributed by atoms with Crippen LogP contribution in [0.5, 0.6) is 0 Å². The van der Waals surface area contributed by atoms with Gasteiger partial charge in [-0.3, -0.25) is 5.41 Å². The van der Waals surface area contributed by atoms with Crippen molar-refractivity contribution in [1.29, 1.82) is 5.41 Å². The van der Waals surface area contributed by atoms with Crippen LogP contribution in [0.4, 0.5) is 0 Å². The second-order valence-electron chi connectivity index (χ2n) is 2.84. The minimum atomic E-state index is -0.0872. The maximum atomic E-state index is 7.18. The molecule has 0 saturated carbocycles. The van der Waals surface area contributed by atoms with Crippen LogP contribution in [0.1, 0.15) is 10.7 Å². The summed E-state index contributed by atoms with van der Waals surface area (Å²) in [5, 5.41) is 16.7. The molecule has 0 radical (unpaired) electrons. The Kier molecular flexibility index (Phi) is 3.11. The Morgan fingerprint density at radius 3 is 2.69 bits per heavy atom. The fourth-order valence-electron chi connectivity index (χ4n) is 0.917. The Bertz CT molecular complexity index is 506. The summed E-state index contributed by atoms with van der Waals surface area (Å²) < 4.78 is 0.822. The summed E-state index contributed by atoms with van der Waals surface area (Å²) in [5.74, 6) is -0.0872. The standard InChI is InChI=1S/C8H8N6S2/c1-4-13-14-8(15-4)16-6-3-11-5(2-12-6)7(9)10/h2-3H,1H3,(H3,9,10). The zero-order valence-corrected chi connectivity index (χ0v) is 9.97. The van der Waals surface area contributed by atoms with E-state index in [1.165, 1.54) is 29.3 Å².